The van der Waals surface area contributed by atoms with Gasteiger partial charge in [-0.15, -0.1) is 0 Å². The molecule has 0 fully saturated rings. The average molecular weight is 627 g/mol. The SMILES string of the molecule is CN(c1ccc(I)cc1)c1oc(-c2ccccc2)c(I)c1I. The minimum absolute atomic E-state index is 0.880. The lowest BCUT2D eigenvalue weighted by Crippen LogP contribution is -2.09. The van der Waals surface area contributed by atoms with Crippen LogP contribution in [0.2, 0.25) is 0 Å². The van der Waals surface area contributed by atoms with Gasteiger partial charge in [0, 0.05) is 21.9 Å². The van der Waals surface area contributed by atoms with Crippen LogP contribution in [0.25, 0.3) is 11.3 Å². The van der Waals surface area contributed by atoms with Gasteiger partial charge in [0.25, 0.3) is 0 Å². The molecule has 0 amide bonds. The first kappa shape index (κ1) is 16.6. The molecule has 2 aromatic carbocycles. The van der Waals surface area contributed by atoms with E-state index in [0.29, 0.717) is 0 Å². The molecule has 1 heterocycles. The number of furan rings is 1. The van der Waals surface area contributed by atoms with Crippen LogP contribution in [0.5, 0.6) is 0 Å². The number of nitrogens with zero attached hydrogens (tertiary/aromatic N) is 1. The van der Waals surface area contributed by atoms with E-state index < -0.39 is 0 Å². The Morgan fingerprint density at radius 3 is 2.09 bits per heavy atom. The zero-order chi connectivity index (χ0) is 15.7. The summed E-state index contributed by atoms with van der Waals surface area (Å²) >= 11 is 7.03. The minimum Gasteiger partial charge on any atom is -0.438 e. The molecule has 0 spiro atoms. The Labute approximate surface area is 170 Å². The van der Waals surface area contributed by atoms with Crippen LogP contribution in [-0.4, -0.2) is 7.05 Å². The number of halogens is 3. The Balaban J connectivity index is 2.03. The molecule has 0 radical (unpaired) electrons. The van der Waals surface area contributed by atoms with E-state index in [4.69, 9.17) is 4.42 Å². The number of hydrogen-bond acceptors (Lipinski definition) is 2. The molecule has 5 heteroatoms. The number of anilines is 2. The Bertz CT molecular complexity index is 782. The van der Waals surface area contributed by atoms with Crippen molar-refractivity contribution in [2.45, 2.75) is 0 Å². The molecule has 3 rings (SSSR count). The summed E-state index contributed by atoms with van der Waals surface area (Å²) in [4.78, 5) is 2.09. The fourth-order valence-electron chi connectivity index (χ4n) is 2.15. The average Bonchev–Trinajstić information content (AvgIpc) is 2.84. The van der Waals surface area contributed by atoms with Crippen LogP contribution in [0.4, 0.5) is 11.6 Å². The van der Waals surface area contributed by atoms with Crippen molar-refractivity contribution < 1.29 is 4.42 Å². The van der Waals surface area contributed by atoms with Crippen molar-refractivity contribution in [3.8, 4) is 11.3 Å². The molecular formula is C17H12I3NO. The van der Waals surface area contributed by atoms with Crippen molar-refractivity contribution >= 4 is 79.3 Å². The molecule has 0 saturated heterocycles. The number of hydrogen-bond donors (Lipinski definition) is 0. The van der Waals surface area contributed by atoms with E-state index in [1.54, 1.807) is 0 Å². The second-order valence-electron chi connectivity index (χ2n) is 4.77. The molecule has 112 valence electrons. The van der Waals surface area contributed by atoms with Crippen LogP contribution < -0.4 is 4.90 Å². The van der Waals surface area contributed by atoms with Crippen molar-refractivity contribution in [1.29, 1.82) is 0 Å². The molecule has 0 aliphatic rings. The zero-order valence-electron chi connectivity index (χ0n) is 11.7. The van der Waals surface area contributed by atoms with Gasteiger partial charge in [-0.3, -0.25) is 0 Å². The molecule has 1 aromatic heterocycles. The molecule has 2 nitrogen and oxygen atoms in total. The van der Waals surface area contributed by atoms with E-state index in [-0.39, 0.29) is 0 Å². The number of benzene rings is 2. The van der Waals surface area contributed by atoms with Crippen molar-refractivity contribution in [1.82, 2.24) is 0 Å². The molecule has 0 atom stereocenters. The Morgan fingerprint density at radius 1 is 0.818 bits per heavy atom. The summed E-state index contributed by atoms with van der Waals surface area (Å²) in [6.45, 7) is 0. The van der Waals surface area contributed by atoms with Gasteiger partial charge in [0.05, 0.1) is 7.14 Å². The Hall–Kier alpha value is -0.290. The summed E-state index contributed by atoms with van der Waals surface area (Å²) in [5.41, 5.74) is 2.22. The van der Waals surface area contributed by atoms with Gasteiger partial charge in [-0.1, -0.05) is 30.3 Å². The second kappa shape index (κ2) is 7.08. The lowest BCUT2D eigenvalue weighted by Gasteiger charge is -2.16. The monoisotopic (exact) mass is 627 g/mol. The molecule has 0 aliphatic carbocycles. The van der Waals surface area contributed by atoms with Crippen LogP contribution in [0.1, 0.15) is 0 Å². The first-order valence-electron chi connectivity index (χ1n) is 6.60. The van der Waals surface area contributed by atoms with Gasteiger partial charge in [-0.2, -0.15) is 0 Å². The molecule has 0 saturated carbocycles. The maximum atomic E-state index is 6.19. The third-order valence-corrected chi connectivity index (χ3v) is 7.11. The highest BCUT2D eigenvalue weighted by molar-refractivity contribution is 14.1. The lowest BCUT2D eigenvalue weighted by atomic mass is 10.2. The maximum absolute atomic E-state index is 6.19. The van der Waals surface area contributed by atoms with Crippen LogP contribution in [0.3, 0.4) is 0 Å². The molecule has 22 heavy (non-hydrogen) atoms. The molecule has 0 N–H and O–H groups in total. The van der Waals surface area contributed by atoms with E-state index in [1.807, 2.05) is 25.2 Å². The van der Waals surface area contributed by atoms with Crippen molar-refractivity contribution in [3.05, 3.63) is 65.3 Å². The lowest BCUT2D eigenvalue weighted by molar-refractivity contribution is 0.581. The van der Waals surface area contributed by atoms with Gasteiger partial charge in [-0.25, -0.2) is 0 Å². The highest BCUT2D eigenvalue weighted by Crippen LogP contribution is 2.40. The highest BCUT2D eigenvalue weighted by atomic mass is 127. The van der Waals surface area contributed by atoms with E-state index in [9.17, 15) is 0 Å². The maximum Gasteiger partial charge on any atom is 0.214 e. The second-order valence-corrected chi connectivity index (χ2v) is 8.17. The predicted molar refractivity (Wildman–Crippen MR) is 117 cm³/mol. The molecule has 0 bridgehead atoms. The largest absolute Gasteiger partial charge is 0.438 e. The molecular weight excluding hydrogens is 615 g/mol. The van der Waals surface area contributed by atoms with Crippen LogP contribution in [0, 0.1) is 10.7 Å². The van der Waals surface area contributed by atoms with Crippen LogP contribution >= 0.6 is 67.8 Å². The van der Waals surface area contributed by atoms with Gasteiger partial charge in [0.2, 0.25) is 5.88 Å². The predicted octanol–water partition coefficient (Wildman–Crippen LogP) is 6.53. The first-order chi connectivity index (χ1) is 10.6. The van der Waals surface area contributed by atoms with Crippen molar-refractivity contribution in [2.24, 2.45) is 0 Å². The smallest absolute Gasteiger partial charge is 0.214 e. The van der Waals surface area contributed by atoms with Gasteiger partial charge in [-0.05, 0) is 92.0 Å². The standard InChI is InChI=1S/C17H12I3NO/c1-21(13-9-7-12(18)8-10-13)17-15(20)14(19)16(22-17)11-5-3-2-4-6-11/h2-10H,1H3. The van der Waals surface area contributed by atoms with Gasteiger partial charge in [0.1, 0.15) is 0 Å². The zero-order valence-corrected chi connectivity index (χ0v) is 18.2. The highest BCUT2D eigenvalue weighted by Gasteiger charge is 2.21. The molecule has 0 aliphatic heterocycles. The molecule has 3 aromatic rings. The van der Waals surface area contributed by atoms with E-state index in [0.717, 1.165) is 30.0 Å². The molecule has 0 unspecified atom stereocenters. The Morgan fingerprint density at radius 2 is 1.45 bits per heavy atom. The topological polar surface area (TPSA) is 16.4 Å². The minimum atomic E-state index is 0.880. The summed E-state index contributed by atoms with van der Waals surface area (Å²) in [7, 11) is 2.04. The van der Waals surface area contributed by atoms with E-state index in [2.05, 4.69) is 109 Å². The summed E-state index contributed by atoms with van der Waals surface area (Å²) < 4.78 is 9.70. The summed E-state index contributed by atoms with van der Waals surface area (Å²) in [6.07, 6.45) is 0. The van der Waals surface area contributed by atoms with E-state index >= 15 is 0 Å². The first-order valence-corrected chi connectivity index (χ1v) is 9.84. The van der Waals surface area contributed by atoms with E-state index in [1.165, 1.54) is 3.57 Å². The van der Waals surface area contributed by atoms with Crippen LogP contribution in [-0.2, 0) is 0 Å². The van der Waals surface area contributed by atoms with Gasteiger partial charge >= 0.3 is 0 Å². The fraction of sp³-hybridized carbons (Fsp3) is 0.0588. The van der Waals surface area contributed by atoms with Crippen molar-refractivity contribution in [2.75, 3.05) is 11.9 Å². The third kappa shape index (κ3) is 3.30. The van der Waals surface area contributed by atoms with Crippen LogP contribution in [0.15, 0.2) is 59.0 Å². The van der Waals surface area contributed by atoms with Gasteiger partial charge < -0.3 is 9.32 Å². The quantitative estimate of drug-likeness (QED) is 0.308. The summed E-state index contributed by atoms with van der Waals surface area (Å²) in [5.74, 6) is 1.81. The third-order valence-electron chi connectivity index (χ3n) is 3.33. The van der Waals surface area contributed by atoms with Crippen molar-refractivity contribution in [3.63, 3.8) is 0 Å². The Kier molecular flexibility index (Phi) is 5.33. The summed E-state index contributed by atoms with van der Waals surface area (Å²) in [5, 5.41) is 0. The number of rotatable bonds is 3. The summed E-state index contributed by atoms with van der Waals surface area (Å²) in [6, 6.07) is 18.6. The fourth-order valence-corrected chi connectivity index (χ4v) is 3.88. The normalized spacial score (nSPS) is 10.7. The van der Waals surface area contributed by atoms with Gasteiger partial charge in [0.15, 0.2) is 5.76 Å².